The summed E-state index contributed by atoms with van der Waals surface area (Å²) in [6, 6.07) is 0. The Kier molecular flexibility index (Phi) is 4.62. The topological polar surface area (TPSA) is 83.8 Å². The van der Waals surface area contributed by atoms with Gasteiger partial charge in [-0.3, -0.25) is 4.79 Å². The predicted molar refractivity (Wildman–Crippen MR) is 95.6 cm³/mol. The molecular weight excluding hydrogens is 332 g/mol. The summed E-state index contributed by atoms with van der Waals surface area (Å²) in [5.74, 6) is 2.52. The number of carbonyl (C=O) groups excluding carboxylic acids is 1. The zero-order valence-corrected chi connectivity index (χ0v) is 15.5. The summed E-state index contributed by atoms with van der Waals surface area (Å²) in [5.41, 5.74) is 1.37. The Morgan fingerprint density at radius 1 is 1.31 bits per heavy atom. The Labute approximate surface area is 154 Å². The van der Waals surface area contributed by atoms with E-state index in [1.807, 2.05) is 6.08 Å². The van der Waals surface area contributed by atoms with Gasteiger partial charge in [-0.05, 0) is 86.0 Å². The van der Waals surface area contributed by atoms with Crippen LogP contribution < -0.4 is 0 Å². The quantitative estimate of drug-likeness (QED) is 0.746. The van der Waals surface area contributed by atoms with Gasteiger partial charge in [0.15, 0.2) is 5.78 Å². The van der Waals surface area contributed by atoms with E-state index in [1.54, 1.807) is 0 Å². The van der Waals surface area contributed by atoms with Crippen LogP contribution in [0.1, 0.15) is 58.3 Å². The molecule has 3 saturated carbocycles. The number of fused-ring (bicyclic) bond motifs is 5. The molecule has 144 valence electrons. The standard InChI is InChI=1S/C21H30O5/c1-21-8-6-16-15-4-3-14(22)10-12(15)11-18(23)19(16)17(21)5-2-13(21)7-9-26-20(24)25/h10,13,15-19,23H,2-9,11H2,1H3,(H,24,25)/t13-,15-,16+,17-,18-,19+,21+/m0/s1. The Hall–Kier alpha value is -1.36. The number of carbonyl (C=O) groups is 2. The van der Waals surface area contributed by atoms with Crippen LogP contribution >= 0.6 is 0 Å². The van der Waals surface area contributed by atoms with Crippen molar-refractivity contribution in [2.24, 2.45) is 35.0 Å². The minimum Gasteiger partial charge on any atom is -0.450 e. The molecule has 5 nitrogen and oxygen atoms in total. The maximum atomic E-state index is 11.8. The van der Waals surface area contributed by atoms with E-state index in [0.717, 1.165) is 38.5 Å². The minimum atomic E-state index is -1.19. The highest BCUT2D eigenvalue weighted by atomic mass is 16.7. The van der Waals surface area contributed by atoms with Gasteiger partial charge in [-0.1, -0.05) is 12.5 Å². The van der Waals surface area contributed by atoms with Gasteiger partial charge in [-0.15, -0.1) is 0 Å². The first kappa shape index (κ1) is 18.0. The second-order valence-corrected chi connectivity index (χ2v) is 9.17. The lowest BCUT2D eigenvalue weighted by Gasteiger charge is -2.55. The summed E-state index contributed by atoms with van der Waals surface area (Å²) < 4.78 is 4.76. The molecule has 0 unspecified atom stereocenters. The fourth-order valence-electron chi connectivity index (χ4n) is 7.06. The van der Waals surface area contributed by atoms with Crippen molar-refractivity contribution in [1.29, 1.82) is 0 Å². The van der Waals surface area contributed by atoms with Gasteiger partial charge in [0.25, 0.3) is 0 Å². The van der Waals surface area contributed by atoms with Crippen LogP contribution in [-0.4, -0.2) is 34.9 Å². The third kappa shape index (κ3) is 2.88. The van der Waals surface area contributed by atoms with Crippen LogP contribution in [0.4, 0.5) is 4.79 Å². The predicted octanol–water partition coefficient (Wildman–Crippen LogP) is 3.80. The van der Waals surface area contributed by atoms with Crippen LogP contribution in [0.2, 0.25) is 0 Å². The summed E-state index contributed by atoms with van der Waals surface area (Å²) in [4.78, 5) is 22.4. The number of ketones is 1. The van der Waals surface area contributed by atoms with E-state index in [1.165, 1.54) is 5.57 Å². The highest BCUT2D eigenvalue weighted by molar-refractivity contribution is 5.91. The van der Waals surface area contributed by atoms with Crippen molar-refractivity contribution < 1.29 is 24.5 Å². The van der Waals surface area contributed by atoms with Crippen molar-refractivity contribution in [2.75, 3.05) is 6.61 Å². The molecule has 0 radical (unpaired) electrons. The van der Waals surface area contributed by atoms with Crippen LogP contribution in [-0.2, 0) is 9.53 Å². The zero-order valence-electron chi connectivity index (χ0n) is 15.5. The molecule has 0 aliphatic heterocycles. The second-order valence-electron chi connectivity index (χ2n) is 9.17. The SMILES string of the molecule is C[C@]12CC[C@H]3[C@@H]([C@@H](O)CC4=CC(=O)CC[C@@H]43)[C@@H]1CC[C@H]2CCOC(=O)O. The molecular formula is C21H30O5. The fraction of sp³-hybridized carbons (Fsp3) is 0.810. The summed E-state index contributed by atoms with van der Waals surface area (Å²) >= 11 is 0. The Morgan fingerprint density at radius 3 is 2.88 bits per heavy atom. The molecule has 3 fully saturated rings. The van der Waals surface area contributed by atoms with Gasteiger partial charge < -0.3 is 14.9 Å². The summed E-state index contributed by atoms with van der Waals surface area (Å²) in [5, 5.41) is 19.7. The smallest absolute Gasteiger partial charge is 0.450 e. The summed E-state index contributed by atoms with van der Waals surface area (Å²) in [7, 11) is 0. The highest BCUT2D eigenvalue weighted by Gasteiger charge is 2.58. The molecule has 0 aromatic rings. The van der Waals surface area contributed by atoms with Crippen molar-refractivity contribution >= 4 is 11.9 Å². The van der Waals surface area contributed by atoms with Crippen LogP contribution in [0.5, 0.6) is 0 Å². The van der Waals surface area contributed by atoms with E-state index >= 15 is 0 Å². The van der Waals surface area contributed by atoms with Gasteiger partial charge >= 0.3 is 6.16 Å². The lowest BCUT2D eigenvalue weighted by molar-refractivity contribution is -0.117. The molecule has 26 heavy (non-hydrogen) atoms. The molecule has 5 heteroatoms. The number of aliphatic hydroxyl groups excluding tert-OH is 1. The summed E-state index contributed by atoms with van der Waals surface area (Å²) in [6.07, 6.45) is 7.83. The van der Waals surface area contributed by atoms with Gasteiger partial charge in [-0.25, -0.2) is 4.79 Å². The second kappa shape index (κ2) is 6.66. The number of aliphatic hydroxyl groups is 1. The molecule has 4 aliphatic carbocycles. The van der Waals surface area contributed by atoms with Crippen LogP contribution in [0.15, 0.2) is 11.6 Å². The first-order chi connectivity index (χ1) is 12.4. The lowest BCUT2D eigenvalue weighted by Crippen LogP contribution is -2.51. The molecule has 0 aromatic heterocycles. The number of carboxylic acid groups (broad SMARTS) is 1. The monoisotopic (exact) mass is 362 g/mol. The molecule has 0 aromatic carbocycles. The molecule has 4 rings (SSSR count). The van der Waals surface area contributed by atoms with E-state index in [4.69, 9.17) is 9.84 Å². The van der Waals surface area contributed by atoms with Crippen molar-refractivity contribution in [2.45, 2.75) is 64.4 Å². The van der Waals surface area contributed by atoms with E-state index in [9.17, 15) is 14.7 Å². The average molecular weight is 362 g/mol. The van der Waals surface area contributed by atoms with E-state index in [0.29, 0.717) is 42.4 Å². The molecule has 0 saturated heterocycles. The van der Waals surface area contributed by atoms with Crippen molar-refractivity contribution in [1.82, 2.24) is 0 Å². The van der Waals surface area contributed by atoms with Crippen LogP contribution in [0.3, 0.4) is 0 Å². The van der Waals surface area contributed by atoms with Gasteiger partial charge in [-0.2, -0.15) is 0 Å². The van der Waals surface area contributed by atoms with Gasteiger partial charge in [0.1, 0.15) is 0 Å². The zero-order chi connectivity index (χ0) is 18.5. The molecule has 7 atom stereocenters. The first-order valence-corrected chi connectivity index (χ1v) is 10.2. The summed E-state index contributed by atoms with van der Waals surface area (Å²) in [6.45, 7) is 2.63. The largest absolute Gasteiger partial charge is 0.505 e. The maximum Gasteiger partial charge on any atom is 0.505 e. The maximum absolute atomic E-state index is 11.8. The van der Waals surface area contributed by atoms with Crippen molar-refractivity contribution in [3.05, 3.63) is 11.6 Å². The van der Waals surface area contributed by atoms with Crippen molar-refractivity contribution in [3.63, 3.8) is 0 Å². The van der Waals surface area contributed by atoms with E-state index in [-0.39, 0.29) is 23.9 Å². The molecule has 0 spiro atoms. The third-order valence-electron chi connectivity index (χ3n) is 8.20. The van der Waals surface area contributed by atoms with E-state index in [2.05, 4.69) is 6.92 Å². The number of hydrogen-bond acceptors (Lipinski definition) is 4. The average Bonchev–Trinajstić information content (AvgIpc) is 2.91. The molecule has 0 bridgehead atoms. The minimum absolute atomic E-state index is 0.176. The first-order valence-electron chi connectivity index (χ1n) is 10.2. The Morgan fingerprint density at radius 2 is 2.12 bits per heavy atom. The molecule has 4 aliphatic rings. The lowest BCUT2D eigenvalue weighted by atomic mass is 9.50. The van der Waals surface area contributed by atoms with Crippen LogP contribution in [0, 0.1) is 35.0 Å². The Balaban J connectivity index is 1.52. The Bertz CT molecular complexity index is 626. The number of ether oxygens (including phenoxy) is 1. The molecule has 0 heterocycles. The van der Waals surface area contributed by atoms with Crippen LogP contribution in [0.25, 0.3) is 0 Å². The van der Waals surface area contributed by atoms with E-state index < -0.39 is 6.16 Å². The normalized spacial score (nSPS) is 44.5. The molecule has 2 N–H and O–H groups in total. The fourth-order valence-corrected chi connectivity index (χ4v) is 7.06. The number of rotatable bonds is 3. The van der Waals surface area contributed by atoms with Crippen molar-refractivity contribution in [3.8, 4) is 0 Å². The third-order valence-corrected chi connectivity index (χ3v) is 8.20. The molecule has 0 amide bonds. The number of hydrogen-bond donors (Lipinski definition) is 2. The van der Waals surface area contributed by atoms with Gasteiger partial charge in [0.2, 0.25) is 0 Å². The highest BCUT2D eigenvalue weighted by Crippen LogP contribution is 2.64. The van der Waals surface area contributed by atoms with Gasteiger partial charge in [0.05, 0.1) is 12.7 Å². The van der Waals surface area contributed by atoms with Gasteiger partial charge in [0, 0.05) is 6.42 Å².